The molecular weight excluding hydrogens is 516 g/mol. The van der Waals surface area contributed by atoms with Crippen molar-refractivity contribution in [3.05, 3.63) is 0 Å². The molecule has 8 saturated carbocycles. The lowest BCUT2D eigenvalue weighted by atomic mass is 9.49. The first-order valence-electron chi connectivity index (χ1n) is 16.9. The van der Waals surface area contributed by atoms with Crippen molar-refractivity contribution in [2.75, 3.05) is 26.2 Å². The third kappa shape index (κ3) is 6.48. The van der Waals surface area contributed by atoms with Gasteiger partial charge < -0.3 is 10.2 Å². The van der Waals surface area contributed by atoms with E-state index in [9.17, 15) is 9.59 Å². The average molecular weight is 575 g/mol. The lowest BCUT2D eigenvalue weighted by molar-refractivity contribution is -0.159. The molecule has 2 saturated heterocycles. The molecule has 0 unspecified atom stereocenters. The van der Waals surface area contributed by atoms with Gasteiger partial charge in [-0.3, -0.25) is 9.59 Å². The first-order valence-corrected chi connectivity index (χ1v) is 17.3. The highest BCUT2D eigenvalue weighted by atomic mass is 35.5. The summed E-state index contributed by atoms with van der Waals surface area (Å²) in [4.78, 5) is 26.8. The molecule has 10 aliphatic rings. The van der Waals surface area contributed by atoms with Crippen molar-refractivity contribution in [1.29, 1.82) is 0 Å². The van der Waals surface area contributed by atoms with Gasteiger partial charge in [0.15, 0.2) is 0 Å². The number of carbonyl (C=O) groups is 2. The molecule has 8 aliphatic carbocycles. The van der Waals surface area contributed by atoms with Crippen LogP contribution < -0.4 is 5.32 Å². The van der Waals surface area contributed by atoms with Crippen LogP contribution >= 0.6 is 11.6 Å². The molecule has 5 heteroatoms. The second-order valence-corrected chi connectivity index (χ2v) is 16.4. The third-order valence-electron chi connectivity index (χ3n) is 12.6. The summed E-state index contributed by atoms with van der Waals surface area (Å²) < 4.78 is 0. The maximum atomic E-state index is 13.1. The predicted octanol–water partition coefficient (Wildman–Crippen LogP) is 8.07. The van der Waals surface area contributed by atoms with Crippen molar-refractivity contribution in [3.63, 3.8) is 0 Å². The van der Waals surface area contributed by atoms with Gasteiger partial charge in [0.05, 0.1) is 5.41 Å². The Morgan fingerprint density at radius 3 is 1.30 bits per heavy atom. The van der Waals surface area contributed by atoms with E-state index in [2.05, 4.69) is 24.1 Å². The summed E-state index contributed by atoms with van der Waals surface area (Å²) in [6.07, 6.45) is 20.6. The SMILES string of the molecule is C.CC1CCN(C(=O)C23CC4CC(CC(C4)C2)C3)CC1.CC1CCNCC1.O=C(Cl)C12CC3CC(CC(C3)C1)C2. The fourth-order valence-electron chi connectivity index (χ4n) is 11.2. The van der Waals surface area contributed by atoms with Gasteiger partial charge in [0.2, 0.25) is 11.1 Å². The van der Waals surface area contributed by atoms with Crippen LogP contribution in [0.1, 0.15) is 124 Å². The van der Waals surface area contributed by atoms with Gasteiger partial charge in [-0.15, -0.1) is 0 Å². The molecule has 0 aromatic carbocycles. The van der Waals surface area contributed by atoms with E-state index in [1.54, 1.807) is 0 Å². The number of piperidine rings is 2. The standard InChI is InChI=1S/C17H27NO.C11H15ClO.C6H13N.CH4/c1-12-2-4-18(5-3-12)16(19)17-9-13-6-14(10-17)8-15(7-13)11-17;12-10(13)11-4-7-1-8(5-11)3-9(2-7)6-11;1-6-2-4-7-5-3-6;/h12-15H,2-11H2,1H3;7-9H,1-6H2;6-7H,2-5H2,1H3;1H4. The number of hydrogen-bond donors (Lipinski definition) is 1. The van der Waals surface area contributed by atoms with Crippen molar-refractivity contribution < 1.29 is 9.59 Å². The normalized spacial score (nSPS) is 43.2. The molecule has 40 heavy (non-hydrogen) atoms. The minimum Gasteiger partial charge on any atom is -0.342 e. The van der Waals surface area contributed by atoms with Crippen molar-refractivity contribution in [1.82, 2.24) is 10.2 Å². The molecule has 10 fully saturated rings. The van der Waals surface area contributed by atoms with E-state index in [1.165, 1.54) is 96.6 Å². The summed E-state index contributed by atoms with van der Waals surface area (Å²) in [5, 5.41) is 3.28. The fourth-order valence-corrected chi connectivity index (χ4v) is 11.5. The summed E-state index contributed by atoms with van der Waals surface area (Å²) in [6.45, 7) is 9.18. The zero-order valence-electron chi connectivity index (χ0n) is 24.9. The van der Waals surface area contributed by atoms with Crippen molar-refractivity contribution >= 4 is 22.8 Å². The monoisotopic (exact) mass is 574 g/mol. The Hall–Kier alpha value is -0.610. The minimum atomic E-state index is -0.0731. The predicted molar refractivity (Wildman–Crippen MR) is 165 cm³/mol. The molecule has 4 nitrogen and oxygen atoms in total. The van der Waals surface area contributed by atoms with Crippen LogP contribution in [0.2, 0.25) is 0 Å². The van der Waals surface area contributed by atoms with Crippen LogP contribution in [-0.4, -0.2) is 42.2 Å². The molecule has 0 radical (unpaired) electrons. The quantitative estimate of drug-likeness (QED) is 0.339. The zero-order valence-corrected chi connectivity index (χ0v) is 25.7. The van der Waals surface area contributed by atoms with Gasteiger partial charge >= 0.3 is 0 Å². The Bertz CT molecular complexity index is 817. The van der Waals surface area contributed by atoms with Crippen LogP contribution in [-0.2, 0) is 9.59 Å². The Labute approximate surface area is 250 Å². The Morgan fingerprint density at radius 1 is 0.625 bits per heavy atom. The smallest absolute Gasteiger partial charge is 0.228 e. The van der Waals surface area contributed by atoms with Crippen LogP contribution in [0.15, 0.2) is 0 Å². The van der Waals surface area contributed by atoms with Gasteiger partial charge in [0.25, 0.3) is 0 Å². The van der Waals surface area contributed by atoms with Gasteiger partial charge in [-0.1, -0.05) is 21.3 Å². The fraction of sp³-hybridized carbons (Fsp3) is 0.943. The molecule has 1 amide bonds. The molecule has 2 aliphatic heterocycles. The van der Waals surface area contributed by atoms with Crippen molar-refractivity contribution in [2.24, 2.45) is 58.2 Å². The van der Waals surface area contributed by atoms with Gasteiger partial charge in [-0.25, -0.2) is 0 Å². The van der Waals surface area contributed by atoms with Gasteiger partial charge in [0.1, 0.15) is 0 Å². The molecule has 0 aromatic rings. The largest absolute Gasteiger partial charge is 0.342 e. The number of amides is 1. The third-order valence-corrected chi connectivity index (χ3v) is 13.0. The Kier molecular flexibility index (Phi) is 9.68. The van der Waals surface area contributed by atoms with E-state index >= 15 is 0 Å². The van der Waals surface area contributed by atoms with Crippen LogP contribution in [0.5, 0.6) is 0 Å². The van der Waals surface area contributed by atoms with Crippen LogP contribution in [0.3, 0.4) is 0 Å². The number of nitrogens with one attached hydrogen (secondary N) is 1. The van der Waals surface area contributed by atoms with Crippen molar-refractivity contribution in [3.8, 4) is 0 Å². The van der Waals surface area contributed by atoms with E-state index in [-0.39, 0.29) is 23.5 Å². The number of nitrogens with zero attached hydrogens (tertiary/aromatic N) is 1. The highest BCUT2D eigenvalue weighted by molar-refractivity contribution is 6.64. The number of halogens is 1. The molecule has 0 spiro atoms. The van der Waals surface area contributed by atoms with Gasteiger partial charge in [-0.05, 0) is 175 Å². The van der Waals surface area contributed by atoms with E-state index in [4.69, 9.17) is 11.6 Å². The Balaban J connectivity index is 0.000000133. The lowest BCUT2D eigenvalue weighted by Gasteiger charge is -2.57. The molecule has 0 atom stereocenters. The van der Waals surface area contributed by atoms with Crippen LogP contribution in [0.25, 0.3) is 0 Å². The summed E-state index contributed by atoms with van der Waals surface area (Å²) in [7, 11) is 0. The second-order valence-electron chi connectivity index (χ2n) is 16.1. The van der Waals surface area contributed by atoms with E-state index in [1.807, 2.05) is 0 Å². The minimum absolute atomic E-state index is 0. The highest BCUT2D eigenvalue weighted by Gasteiger charge is 2.56. The summed E-state index contributed by atoms with van der Waals surface area (Å²) in [6, 6.07) is 0. The first kappa shape index (κ1) is 30.8. The average Bonchev–Trinajstić information content (AvgIpc) is 2.88. The van der Waals surface area contributed by atoms with Crippen molar-refractivity contribution in [2.45, 2.75) is 124 Å². The highest BCUT2D eigenvalue weighted by Crippen LogP contribution is 2.61. The lowest BCUT2D eigenvalue weighted by Crippen LogP contribution is -2.55. The van der Waals surface area contributed by atoms with Crippen LogP contribution in [0, 0.1) is 58.2 Å². The summed E-state index contributed by atoms with van der Waals surface area (Å²) >= 11 is 5.76. The molecule has 10 rings (SSSR count). The summed E-state index contributed by atoms with van der Waals surface area (Å²) in [5.74, 6) is 7.49. The van der Waals surface area contributed by atoms with E-state index in [0.29, 0.717) is 5.91 Å². The molecular formula is C35H59ClN2O2. The van der Waals surface area contributed by atoms with E-state index < -0.39 is 0 Å². The maximum Gasteiger partial charge on any atom is 0.228 e. The molecule has 2 heterocycles. The zero-order chi connectivity index (χ0) is 27.2. The second kappa shape index (κ2) is 12.6. The molecule has 228 valence electrons. The number of carbonyl (C=O) groups excluding carboxylic acids is 2. The summed E-state index contributed by atoms with van der Waals surface area (Å²) in [5.41, 5.74) is 0.0195. The Morgan fingerprint density at radius 2 is 0.975 bits per heavy atom. The topological polar surface area (TPSA) is 49.4 Å². The molecule has 1 N–H and O–H groups in total. The number of hydrogen-bond acceptors (Lipinski definition) is 3. The van der Waals surface area contributed by atoms with Gasteiger partial charge in [-0.2, -0.15) is 0 Å². The molecule has 8 bridgehead atoms. The number of likely N-dealkylation sites (tertiary alicyclic amines) is 1. The first-order chi connectivity index (χ1) is 18.7. The van der Waals surface area contributed by atoms with E-state index in [0.717, 1.165) is 79.7 Å². The van der Waals surface area contributed by atoms with Gasteiger partial charge in [0, 0.05) is 18.5 Å². The molecule has 0 aromatic heterocycles. The van der Waals surface area contributed by atoms with Crippen LogP contribution in [0.4, 0.5) is 0 Å². The maximum absolute atomic E-state index is 13.1. The number of rotatable bonds is 2.